The van der Waals surface area contributed by atoms with Crippen LogP contribution in [0.1, 0.15) is 18.9 Å². The first-order chi connectivity index (χ1) is 15.0. The third-order valence-electron chi connectivity index (χ3n) is 5.15. The fourth-order valence-corrected chi connectivity index (χ4v) is 3.52. The van der Waals surface area contributed by atoms with Gasteiger partial charge < -0.3 is 24.4 Å². The van der Waals surface area contributed by atoms with Crippen molar-refractivity contribution in [2.75, 3.05) is 37.6 Å². The molecule has 1 N–H and O–H groups in total. The number of esters is 1. The Morgan fingerprint density at radius 1 is 1.13 bits per heavy atom. The molecule has 0 spiro atoms. The smallest absolute Gasteiger partial charge is 0.311 e. The molecule has 0 saturated carbocycles. The molecule has 0 radical (unpaired) electrons. The molecule has 3 rings (SSSR count). The maximum absolute atomic E-state index is 12.5. The van der Waals surface area contributed by atoms with E-state index in [4.69, 9.17) is 14.2 Å². The van der Waals surface area contributed by atoms with Gasteiger partial charge in [-0.2, -0.15) is 0 Å². The molecule has 0 bridgehead atoms. The van der Waals surface area contributed by atoms with Crippen LogP contribution in [0.25, 0.3) is 0 Å². The van der Waals surface area contributed by atoms with Gasteiger partial charge in [-0.15, -0.1) is 0 Å². The Bertz CT molecular complexity index is 974. The van der Waals surface area contributed by atoms with Crippen LogP contribution in [0.15, 0.2) is 42.5 Å². The number of aryl methyl sites for hydroxylation is 1. The monoisotopic (exact) mass is 426 g/mol. The zero-order chi connectivity index (χ0) is 22.4. The first-order valence-corrected chi connectivity index (χ1v) is 10.0. The number of carbonyl (C=O) groups is 3. The Morgan fingerprint density at radius 3 is 2.61 bits per heavy atom. The standard InChI is InChI=1S/C23H26N2O6/c1-4-15-7-5-6-8-19(15)25-13-16(11-22(25)27)23(28)31-14-21(26)24-18-12-17(29-2)9-10-20(18)30-3/h5-10,12,16H,4,11,13-14H2,1-3H3,(H,24,26)/t16-/m0/s1. The second-order valence-electron chi connectivity index (χ2n) is 7.11. The van der Waals surface area contributed by atoms with Gasteiger partial charge in [0.25, 0.3) is 5.91 Å². The predicted molar refractivity (Wildman–Crippen MR) is 115 cm³/mol. The molecule has 0 aliphatic carbocycles. The number of nitrogens with one attached hydrogen (secondary N) is 1. The minimum Gasteiger partial charge on any atom is -0.497 e. The highest BCUT2D eigenvalue weighted by Crippen LogP contribution is 2.30. The predicted octanol–water partition coefficient (Wildman–Crippen LogP) is 2.80. The van der Waals surface area contributed by atoms with Gasteiger partial charge in [-0.3, -0.25) is 14.4 Å². The number of anilines is 2. The molecule has 2 aromatic rings. The van der Waals surface area contributed by atoms with E-state index in [1.54, 1.807) is 23.1 Å². The average Bonchev–Trinajstić information content (AvgIpc) is 3.18. The molecular formula is C23H26N2O6. The number of hydrogen-bond donors (Lipinski definition) is 1. The first-order valence-electron chi connectivity index (χ1n) is 10.0. The Hall–Kier alpha value is -3.55. The Morgan fingerprint density at radius 2 is 1.90 bits per heavy atom. The number of carbonyl (C=O) groups excluding carboxylic acids is 3. The van der Waals surface area contributed by atoms with Crippen molar-refractivity contribution in [2.24, 2.45) is 5.92 Å². The van der Waals surface area contributed by atoms with Crippen LogP contribution in [-0.2, 0) is 25.5 Å². The highest BCUT2D eigenvalue weighted by Gasteiger charge is 2.37. The molecule has 1 aliphatic heterocycles. The van der Waals surface area contributed by atoms with E-state index in [1.165, 1.54) is 14.2 Å². The third kappa shape index (κ3) is 5.14. The second-order valence-corrected chi connectivity index (χ2v) is 7.11. The summed E-state index contributed by atoms with van der Waals surface area (Å²) in [6.07, 6.45) is 0.838. The lowest BCUT2D eigenvalue weighted by Crippen LogP contribution is -2.28. The molecule has 1 heterocycles. The van der Waals surface area contributed by atoms with Crippen LogP contribution in [0.3, 0.4) is 0 Å². The lowest BCUT2D eigenvalue weighted by Gasteiger charge is -2.19. The van der Waals surface area contributed by atoms with E-state index in [0.29, 0.717) is 17.2 Å². The topological polar surface area (TPSA) is 94.2 Å². The van der Waals surface area contributed by atoms with Gasteiger partial charge in [-0.1, -0.05) is 25.1 Å². The summed E-state index contributed by atoms with van der Waals surface area (Å²) in [5, 5.41) is 2.64. The van der Waals surface area contributed by atoms with Crippen molar-refractivity contribution >= 4 is 29.2 Å². The van der Waals surface area contributed by atoms with Crippen molar-refractivity contribution in [3.8, 4) is 11.5 Å². The van der Waals surface area contributed by atoms with Crippen LogP contribution in [0.2, 0.25) is 0 Å². The molecule has 8 nitrogen and oxygen atoms in total. The lowest BCUT2D eigenvalue weighted by atomic mass is 10.1. The molecule has 1 atom stereocenters. The zero-order valence-electron chi connectivity index (χ0n) is 17.8. The number of benzene rings is 2. The molecule has 1 aliphatic rings. The summed E-state index contributed by atoms with van der Waals surface area (Å²) in [6, 6.07) is 12.6. The average molecular weight is 426 g/mol. The van der Waals surface area contributed by atoms with E-state index < -0.39 is 24.4 Å². The van der Waals surface area contributed by atoms with Crippen molar-refractivity contribution in [3.05, 3.63) is 48.0 Å². The number of methoxy groups -OCH3 is 2. The Balaban J connectivity index is 1.58. The molecule has 2 amide bonds. The number of amides is 2. The summed E-state index contributed by atoms with van der Waals surface area (Å²) in [5.41, 5.74) is 2.26. The van der Waals surface area contributed by atoms with Gasteiger partial charge in [0.15, 0.2) is 6.61 Å². The van der Waals surface area contributed by atoms with Crippen molar-refractivity contribution in [1.82, 2.24) is 0 Å². The van der Waals surface area contributed by atoms with Crippen LogP contribution in [0.4, 0.5) is 11.4 Å². The molecule has 2 aromatic carbocycles. The zero-order valence-corrected chi connectivity index (χ0v) is 17.8. The third-order valence-corrected chi connectivity index (χ3v) is 5.15. The number of ether oxygens (including phenoxy) is 3. The SMILES string of the molecule is CCc1ccccc1N1C[C@@H](C(=O)OCC(=O)Nc2cc(OC)ccc2OC)CC1=O. The lowest BCUT2D eigenvalue weighted by molar-refractivity contribution is -0.151. The van der Waals surface area contributed by atoms with E-state index in [2.05, 4.69) is 5.32 Å². The molecule has 0 aromatic heterocycles. The van der Waals surface area contributed by atoms with E-state index in [-0.39, 0.29) is 18.9 Å². The van der Waals surface area contributed by atoms with Gasteiger partial charge in [-0.05, 0) is 30.2 Å². The summed E-state index contributed by atoms with van der Waals surface area (Å²) in [6.45, 7) is 1.79. The van der Waals surface area contributed by atoms with Gasteiger partial charge in [0.2, 0.25) is 5.91 Å². The fourth-order valence-electron chi connectivity index (χ4n) is 3.52. The number of nitrogens with zero attached hydrogens (tertiary/aromatic N) is 1. The van der Waals surface area contributed by atoms with E-state index in [9.17, 15) is 14.4 Å². The molecular weight excluding hydrogens is 400 g/mol. The normalized spacial score (nSPS) is 15.5. The number of para-hydroxylation sites is 1. The van der Waals surface area contributed by atoms with Gasteiger partial charge in [-0.25, -0.2) is 0 Å². The van der Waals surface area contributed by atoms with E-state index in [0.717, 1.165) is 17.7 Å². The summed E-state index contributed by atoms with van der Waals surface area (Å²) in [5.74, 6) is -0.836. The summed E-state index contributed by atoms with van der Waals surface area (Å²) < 4.78 is 15.5. The van der Waals surface area contributed by atoms with Crippen molar-refractivity contribution in [1.29, 1.82) is 0 Å². The van der Waals surface area contributed by atoms with E-state index in [1.807, 2.05) is 31.2 Å². The van der Waals surface area contributed by atoms with Gasteiger partial charge >= 0.3 is 5.97 Å². The summed E-state index contributed by atoms with van der Waals surface area (Å²) in [7, 11) is 3.00. The van der Waals surface area contributed by atoms with Crippen LogP contribution in [0.5, 0.6) is 11.5 Å². The highest BCUT2D eigenvalue weighted by atomic mass is 16.5. The molecule has 1 fully saturated rings. The van der Waals surface area contributed by atoms with Crippen molar-refractivity contribution in [2.45, 2.75) is 19.8 Å². The quantitative estimate of drug-likeness (QED) is 0.653. The van der Waals surface area contributed by atoms with Gasteiger partial charge in [0.05, 0.1) is 25.8 Å². The molecule has 1 saturated heterocycles. The summed E-state index contributed by atoms with van der Waals surface area (Å²) >= 11 is 0. The minimum atomic E-state index is -0.614. The maximum Gasteiger partial charge on any atom is 0.311 e. The van der Waals surface area contributed by atoms with Crippen LogP contribution in [0, 0.1) is 5.92 Å². The van der Waals surface area contributed by atoms with E-state index >= 15 is 0 Å². The highest BCUT2D eigenvalue weighted by molar-refractivity contribution is 6.00. The Labute approximate surface area is 181 Å². The van der Waals surface area contributed by atoms with Crippen LogP contribution in [-0.4, -0.2) is 45.2 Å². The molecule has 164 valence electrons. The largest absolute Gasteiger partial charge is 0.497 e. The van der Waals surface area contributed by atoms with Crippen molar-refractivity contribution < 1.29 is 28.6 Å². The van der Waals surface area contributed by atoms with Crippen molar-refractivity contribution in [3.63, 3.8) is 0 Å². The van der Waals surface area contributed by atoms with Gasteiger partial charge in [0.1, 0.15) is 11.5 Å². The minimum absolute atomic E-state index is 0.0577. The van der Waals surface area contributed by atoms with Crippen LogP contribution < -0.4 is 19.7 Å². The summed E-state index contributed by atoms with van der Waals surface area (Å²) in [4.78, 5) is 38.8. The molecule has 8 heteroatoms. The maximum atomic E-state index is 12.5. The fraction of sp³-hybridized carbons (Fsp3) is 0.348. The molecule has 31 heavy (non-hydrogen) atoms. The van der Waals surface area contributed by atoms with Gasteiger partial charge in [0, 0.05) is 24.7 Å². The number of rotatable bonds is 8. The number of hydrogen-bond acceptors (Lipinski definition) is 6. The van der Waals surface area contributed by atoms with Crippen LogP contribution >= 0.6 is 0 Å². The second kappa shape index (κ2) is 9.97. The molecule has 0 unspecified atom stereocenters. The Kier molecular flexibility index (Phi) is 7.12. The first kappa shape index (κ1) is 22.1.